The SMILES string of the molecule is COc1ccc(Cn2nnnc2C[NH+]2CC[NH+](C3CCCCC3)CC2)cc1. The van der Waals surface area contributed by atoms with Crippen molar-refractivity contribution in [3.63, 3.8) is 0 Å². The van der Waals surface area contributed by atoms with Gasteiger partial charge < -0.3 is 14.5 Å². The van der Waals surface area contributed by atoms with E-state index < -0.39 is 0 Å². The van der Waals surface area contributed by atoms with Crippen LogP contribution in [0.4, 0.5) is 0 Å². The van der Waals surface area contributed by atoms with E-state index >= 15 is 0 Å². The zero-order valence-corrected chi connectivity index (χ0v) is 16.4. The number of methoxy groups -OCH3 is 1. The van der Waals surface area contributed by atoms with Crippen LogP contribution in [-0.4, -0.2) is 59.5 Å². The molecule has 7 nitrogen and oxygen atoms in total. The van der Waals surface area contributed by atoms with Gasteiger partial charge in [-0.1, -0.05) is 18.6 Å². The number of nitrogens with one attached hydrogen (secondary N) is 2. The zero-order chi connectivity index (χ0) is 18.5. The summed E-state index contributed by atoms with van der Waals surface area (Å²) in [6.45, 7) is 6.66. The van der Waals surface area contributed by atoms with Crippen molar-refractivity contribution in [1.82, 2.24) is 20.2 Å². The van der Waals surface area contributed by atoms with Crippen molar-refractivity contribution < 1.29 is 14.5 Å². The number of nitrogens with zero attached hydrogens (tertiary/aromatic N) is 4. The normalized spacial score (nSPS) is 24.0. The molecular formula is C20H32N6O+2. The van der Waals surface area contributed by atoms with Crippen molar-refractivity contribution >= 4 is 0 Å². The first-order valence-electron chi connectivity index (χ1n) is 10.4. The average Bonchev–Trinajstić information content (AvgIpc) is 3.16. The minimum Gasteiger partial charge on any atom is -0.497 e. The lowest BCUT2D eigenvalue weighted by Gasteiger charge is -2.36. The summed E-state index contributed by atoms with van der Waals surface area (Å²) in [6, 6.07) is 9.03. The Morgan fingerprint density at radius 3 is 2.48 bits per heavy atom. The Morgan fingerprint density at radius 2 is 1.78 bits per heavy atom. The van der Waals surface area contributed by atoms with Crippen molar-refractivity contribution in [2.24, 2.45) is 0 Å². The molecule has 2 aliphatic rings. The number of hydrogen-bond acceptors (Lipinski definition) is 4. The molecule has 1 saturated heterocycles. The topological polar surface area (TPSA) is 61.7 Å². The highest BCUT2D eigenvalue weighted by atomic mass is 16.5. The Hall–Kier alpha value is -1.99. The van der Waals surface area contributed by atoms with Crippen LogP contribution in [0.25, 0.3) is 0 Å². The van der Waals surface area contributed by atoms with E-state index in [-0.39, 0.29) is 0 Å². The molecule has 1 aromatic heterocycles. The maximum absolute atomic E-state index is 5.23. The minimum absolute atomic E-state index is 0.707. The van der Waals surface area contributed by atoms with Crippen LogP contribution in [0.2, 0.25) is 0 Å². The lowest BCUT2D eigenvalue weighted by Crippen LogP contribution is -3.29. The first-order valence-corrected chi connectivity index (χ1v) is 10.4. The summed E-state index contributed by atoms with van der Waals surface area (Å²) < 4.78 is 7.17. The number of rotatable bonds is 6. The molecule has 2 aromatic rings. The number of hydrogen-bond donors (Lipinski definition) is 2. The van der Waals surface area contributed by atoms with Gasteiger partial charge in [0, 0.05) is 0 Å². The van der Waals surface area contributed by atoms with E-state index in [4.69, 9.17) is 4.74 Å². The van der Waals surface area contributed by atoms with Gasteiger partial charge >= 0.3 is 0 Å². The van der Waals surface area contributed by atoms with Gasteiger partial charge in [-0.05, 0) is 53.8 Å². The van der Waals surface area contributed by atoms with Crippen molar-refractivity contribution in [3.05, 3.63) is 35.7 Å². The minimum atomic E-state index is 0.707. The molecule has 0 spiro atoms. The van der Waals surface area contributed by atoms with Crippen LogP contribution in [0.1, 0.15) is 43.5 Å². The third-order valence-electron chi connectivity index (χ3n) is 6.29. The number of quaternary nitrogens is 2. The quantitative estimate of drug-likeness (QED) is 0.707. The lowest BCUT2D eigenvalue weighted by molar-refractivity contribution is -1.03. The molecule has 4 rings (SSSR count). The second kappa shape index (κ2) is 8.80. The number of piperazine rings is 1. The van der Waals surface area contributed by atoms with Crippen molar-refractivity contribution in [1.29, 1.82) is 0 Å². The standard InChI is InChI=1S/C20H30N6O/c1-27-19-9-7-17(8-10-19)15-26-20(21-22-23-26)16-24-11-13-25(14-12-24)18-5-3-2-4-6-18/h7-10,18H,2-6,11-16H2,1H3/p+2. The Labute approximate surface area is 161 Å². The first kappa shape index (κ1) is 18.4. The Bertz CT molecular complexity index is 702. The van der Waals surface area contributed by atoms with E-state index in [0.717, 1.165) is 24.2 Å². The molecule has 0 radical (unpaired) electrons. The number of aromatic nitrogens is 4. The highest BCUT2D eigenvalue weighted by Crippen LogP contribution is 2.15. The van der Waals surface area contributed by atoms with Gasteiger partial charge in [-0.3, -0.25) is 0 Å². The summed E-state index contributed by atoms with van der Waals surface area (Å²) in [5, 5.41) is 12.4. The molecule has 0 unspecified atom stereocenters. The molecule has 1 aliphatic carbocycles. The van der Waals surface area contributed by atoms with Crippen LogP contribution >= 0.6 is 0 Å². The molecule has 1 aromatic carbocycles. The van der Waals surface area contributed by atoms with Gasteiger partial charge in [-0.2, -0.15) is 0 Å². The average molecular weight is 373 g/mol. The second-order valence-electron chi connectivity index (χ2n) is 8.02. The molecule has 146 valence electrons. The van der Waals surface area contributed by atoms with E-state index in [9.17, 15) is 0 Å². The van der Waals surface area contributed by atoms with Gasteiger partial charge in [-0.25, -0.2) is 4.68 Å². The molecule has 2 N–H and O–H groups in total. The smallest absolute Gasteiger partial charge is 0.206 e. The summed E-state index contributed by atoms with van der Waals surface area (Å²) in [5.41, 5.74) is 1.19. The molecular weight excluding hydrogens is 340 g/mol. The monoisotopic (exact) mass is 372 g/mol. The van der Waals surface area contributed by atoms with Crippen LogP contribution in [0, 0.1) is 0 Å². The van der Waals surface area contributed by atoms with E-state index in [2.05, 4.69) is 27.7 Å². The molecule has 2 fully saturated rings. The molecule has 0 atom stereocenters. The highest BCUT2D eigenvalue weighted by molar-refractivity contribution is 5.27. The first-order chi connectivity index (χ1) is 13.3. The predicted molar refractivity (Wildman–Crippen MR) is 102 cm³/mol. The zero-order valence-electron chi connectivity index (χ0n) is 16.4. The van der Waals surface area contributed by atoms with E-state index in [0.29, 0.717) is 6.54 Å². The van der Waals surface area contributed by atoms with Gasteiger partial charge in [0.15, 0.2) is 0 Å². The van der Waals surface area contributed by atoms with Crippen LogP contribution in [0.5, 0.6) is 5.75 Å². The summed E-state index contributed by atoms with van der Waals surface area (Å²) in [7, 11) is 1.69. The number of ether oxygens (including phenoxy) is 1. The highest BCUT2D eigenvalue weighted by Gasteiger charge is 2.31. The summed E-state index contributed by atoms with van der Waals surface area (Å²) in [4.78, 5) is 3.46. The Morgan fingerprint density at radius 1 is 1.04 bits per heavy atom. The Balaban J connectivity index is 1.31. The molecule has 0 amide bonds. The molecule has 1 aliphatic heterocycles. The van der Waals surface area contributed by atoms with E-state index in [1.165, 1.54) is 63.8 Å². The van der Waals surface area contributed by atoms with Crippen molar-refractivity contribution in [3.8, 4) is 5.75 Å². The van der Waals surface area contributed by atoms with E-state index in [1.54, 1.807) is 12.0 Å². The van der Waals surface area contributed by atoms with Crippen LogP contribution in [0.15, 0.2) is 24.3 Å². The van der Waals surface area contributed by atoms with Crippen LogP contribution < -0.4 is 14.5 Å². The maximum Gasteiger partial charge on any atom is 0.206 e. The molecule has 1 saturated carbocycles. The molecule has 7 heteroatoms. The summed E-state index contributed by atoms with van der Waals surface area (Å²) in [5.74, 6) is 1.86. The maximum atomic E-state index is 5.23. The van der Waals surface area contributed by atoms with Crippen LogP contribution in [-0.2, 0) is 13.1 Å². The van der Waals surface area contributed by atoms with E-state index in [1.807, 2.05) is 21.7 Å². The molecule has 27 heavy (non-hydrogen) atoms. The second-order valence-corrected chi connectivity index (χ2v) is 8.02. The van der Waals surface area contributed by atoms with Crippen molar-refractivity contribution in [2.45, 2.75) is 51.2 Å². The third-order valence-corrected chi connectivity index (χ3v) is 6.29. The lowest BCUT2D eigenvalue weighted by atomic mass is 9.94. The fourth-order valence-corrected chi connectivity index (χ4v) is 4.62. The number of benzene rings is 1. The third kappa shape index (κ3) is 4.65. The van der Waals surface area contributed by atoms with Crippen LogP contribution in [0.3, 0.4) is 0 Å². The van der Waals surface area contributed by atoms with Gasteiger partial charge in [0.05, 0.1) is 19.7 Å². The van der Waals surface area contributed by atoms with Gasteiger partial charge in [0.1, 0.15) is 38.5 Å². The molecule has 2 heterocycles. The Kier molecular flexibility index (Phi) is 5.99. The van der Waals surface area contributed by atoms with Crippen molar-refractivity contribution in [2.75, 3.05) is 33.3 Å². The van der Waals surface area contributed by atoms with Gasteiger partial charge in [-0.15, -0.1) is 5.10 Å². The largest absolute Gasteiger partial charge is 0.497 e. The fourth-order valence-electron chi connectivity index (χ4n) is 4.62. The summed E-state index contributed by atoms with van der Waals surface area (Å²) in [6.07, 6.45) is 7.18. The van der Waals surface area contributed by atoms with Gasteiger partial charge in [0.25, 0.3) is 0 Å². The predicted octanol–water partition coefficient (Wildman–Crippen LogP) is -0.654. The van der Waals surface area contributed by atoms with Gasteiger partial charge in [0.2, 0.25) is 5.82 Å². The fraction of sp³-hybridized carbons (Fsp3) is 0.650. The molecule has 0 bridgehead atoms. The summed E-state index contributed by atoms with van der Waals surface area (Å²) >= 11 is 0. The number of tetrazole rings is 1.